The third-order valence-electron chi connectivity index (χ3n) is 1.02. The van der Waals surface area contributed by atoms with Gasteiger partial charge < -0.3 is 0 Å². The highest BCUT2D eigenvalue weighted by atomic mass is 15.3. The maximum atomic E-state index is 3.90. The van der Waals surface area contributed by atoms with Crippen molar-refractivity contribution < 1.29 is 0 Å². The quantitative estimate of drug-likeness (QED) is 0.487. The molecule has 0 aromatic carbocycles. The minimum Gasteiger partial charge on any atom is -0.217 e. The highest BCUT2D eigenvalue weighted by molar-refractivity contribution is 5.32. The van der Waals surface area contributed by atoms with Gasteiger partial charge >= 0.3 is 0 Å². The molecule has 4 heteroatoms. The molecule has 0 saturated heterocycles. The molecule has 2 aromatic rings. The van der Waals surface area contributed by atoms with Crippen molar-refractivity contribution in [3.63, 3.8) is 0 Å². The van der Waals surface area contributed by atoms with E-state index in [1.54, 1.807) is 12.3 Å². The van der Waals surface area contributed by atoms with E-state index in [2.05, 4.69) is 21.4 Å². The maximum Gasteiger partial charge on any atom is 0.202 e. The summed E-state index contributed by atoms with van der Waals surface area (Å²) in [6.07, 6.45) is 5.72. The highest BCUT2D eigenvalue weighted by Crippen LogP contribution is 1.90. The lowest BCUT2D eigenvalue weighted by atomic mass is 10.7. The van der Waals surface area contributed by atoms with Gasteiger partial charge in [0.2, 0.25) is 6.33 Å². The predicted molar refractivity (Wildman–Crippen MR) is 29.6 cm³/mol. The van der Waals surface area contributed by atoms with Gasteiger partial charge in [-0.25, -0.2) is 9.97 Å². The van der Waals surface area contributed by atoms with Crippen molar-refractivity contribution in [1.82, 2.24) is 19.6 Å². The summed E-state index contributed by atoms with van der Waals surface area (Å²) in [5, 5.41) is 3.85. The van der Waals surface area contributed by atoms with Crippen LogP contribution in [-0.4, -0.2) is 19.6 Å². The number of fused-ring (bicyclic) bond motifs is 1. The molecular weight excluding hydrogens is 116 g/mol. The molecule has 2 aromatic heterocycles. The third-order valence-corrected chi connectivity index (χ3v) is 1.02. The summed E-state index contributed by atoms with van der Waals surface area (Å²) < 4.78 is 1.49. The molecule has 0 bridgehead atoms. The van der Waals surface area contributed by atoms with E-state index in [0.717, 1.165) is 5.65 Å². The molecule has 1 radical (unpaired) electrons. The first-order valence-corrected chi connectivity index (χ1v) is 2.49. The van der Waals surface area contributed by atoms with E-state index in [1.165, 1.54) is 10.8 Å². The average Bonchev–Trinajstić information content (AvgIpc) is 2.33. The lowest BCUT2D eigenvalue weighted by molar-refractivity contribution is 0.880. The Balaban J connectivity index is 2.95. The van der Waals surface area contributed by atoms with Crippen LogP contribution in [0.5, 0.6) is 0 Å². The van der Waals surface area contributed by atoms with E-state index in [9.17, 15) is 0 Å². The molecule has 0 unspecified atom stereocenters. The largest absolute Gasteiger partial charge is 0.217 e. The first-order chi connectivity index (χ1) is 4.47. The molecule has 4 nitrogen and oxygen atoms in total. The number of nitrogens with zero attached hydrogens (tertiary/aromatic N) is 4. The SMILES string of the molecule is [c]1ncnc2ccnn12. The molecule has 0 N–H and O–H groups in total. The monoisotopic (exact) mass is 119 g/mol. The van der Waals surface area contributed by atoms with Gasteiger partial charge in [0.05, 0.1) is 6.20 Å². The number of rotatable bonds is 0. The Morgan fingerprint density at radius 1 is 1.56 bits per heavy atom. The van der Waals surface area contributed by atoms with Gasteiger partial charge in [0.1, 0.15) is 6.33 Å². The second-order valence-corrected chi connectivity index (χ2v) is 1.57. The molecule has 2 rings (SSSR count). The Kier molecular flexibility index (Phi) is 0.745. The summed E-state index contributed by atoms with van der Waals surface area (Å²) in [5.74, 6) is 0. The van der Waals surface area contributed by atoms with Crippen molar-refractivity contribution >= 4 is 5.65 Å². The highest BCUT2D eigenvalue weighted by Gasteiger charge is 1.88. The number of hydrogen-bond acceptors (Lipinski definition) is 3. The molecule has 0 spiro atoms. The molecule has 0 amide bonds. The van der Waals surface area contributed by atoms with Crippen LogP contribution >= 0.6 is 0 Å². The van der Waals surface area contributed by atoms with E-state index < -0.39 is 0 Å². The van der Waals surface area contributed by atoms with Crippen LogP contribution in [-0.2, 0) is 0 Å². The standard InChI is InChI=1S/C5H3N4/c1-2-8-9-4-6-3-7-5(1)9/h1-3H. The Morgan fingerprint density at radius 2 is 2.56 bits per heavy atom. The molecule has 0 saturated carbocycles. The van der Waals surface area contributed by atoms with Crippen molar-refractivity contribution in [3.8, 4) is 0 Å². The molecule has 43 valence electrons. The second kappa shape index (κ2) is 1.51. The molecule has 0 atom stereocenters. The van der Waals surface area contributed by atoms with Crippen LogP contribution in [0.25, 0.3) is 5.65 Å². The Hall–Kier alpha value is -1.45. The van der Waals surface area contributed by atoms with Crippen LogP contribution in [0.1, 0.15) is 0 Å². The summed E-state index contributed by atoms with van der Waals surface area (Å²) in [6, 6.07) is 1.79. The predicted octanol–water partition coefficient (Wildman–Crippen LogP) is -0.0755. The molecule has 0 aliphatic heterocycles. The van der Waals surface area contributed by atoms with Crippen LogP contribution in [0, 0.1) is 6.33 Å². The molecule has 0 aliphatic rings. The Bertz CT molecular complexity index is 283. The summed E-state index contributed by atoms with van der Waals surface area (Å²) in [5.41, 5.74) is 0.769. The first kappa shape index (κ1) is 4.43. The van der Waals surface area contributed by atoms with Gasteiger partial charge in [-0.2, -0.15) is 9.61 Å². The van der Waals surface area contributed by atoms with Crippen molar-refractivity contribution in [1.29, 1.82) is 0 Å². The van der Waals surface area contributed by atoms with Crippen LogP contribution < -0.4 is 0 Å². The topological polar surface area (TPSA) is 43.1 Å². The van der Waals surface area contributed by atoms with Crippen LogP contribution in [0.2, 0.25) is 0 Å². The van der Waals surface area contributed by atoms with Crippen LogP contribution in [0.3, 0.4) is 0 Å². The zero-order valence-electron chi connectivity index (χ0n) is 4.52. The van der Waals surface area contributed by atoms with Crippen molar-refractivity contribution in [3.05, 3.63) is 24.9 Å². The molecule has 0 fully saturated rings. The van der Waals surface area contributed by atoms with Gasteiger partial charge in [0, 0.05) is 6.07 Å². The van der Waals surface area contributed by atoms with Gasteiger partial charge in [0.15, 0.2) is 5.65 Å². The van der Waals surface area contributed by atoms with Gasteiger partial charge in [-0.3, -0.25) is 0 Å². The summed E-state index contributed by atoms with van der Waals surface area (Å²) in [4.78, 5) is 7.55. The summed E-state index contributed by atoms with van der Waals surface area (Å²) >= 11 is 0. The minimum absolute atomic E-state index is 0.769. The Labute approximate surface area is 51.2 Å². The first-order valence-electron chi connectivity index (χ1n) is 2.49. The van der Waals surface area contributed by atoms with Crippen LogP contribution in [0.15, 0.2) is 18.6 Å². The molecule has 2 heterocycles. The second-order valence-electron chi connectivity index (χ2n) is 1.57. The molecule has 9 heavy (non-hydrogen) atoms. The Morgan fingerprint density at radius 3 is 3.44 bits per heavy atom. The zero-order chi connectivity index (χ0) is 6.10. The normalized spacial score (nSPS) is 10.2. The van der Waals surface area contributed by atoms with Crippen molar-refractivity contribution in [2.75, 3.05) is 0 Å². The average molecular weight is 119 g/mol. The maximum absolute atomic E-state index is 3.90. The van der Waals surface area contributed by atoms with E-state index in [4.69, 9.17) is 0 Å². The van der Waals surface area contributed by atoms with E-state index in [0.29, 0.717) is 0 Å². The van der Waals surface area contributed by atoms with E-state index in [1.807, 2.05) is 0 Å². The van der Waals surface area contributed by atoms with Gasteiger partial charge in [-0.05, 0) is 0 Å². The summed E-state index contributed by atoms with van der Waals surface area (Å²) in [7, 11) is 0. The van der Waals surface area contributed by atoms with Crippen LogP contribution in [0.4, 0.5) is 0 Å². The zero-order valence-corrected chi connectivity index (χ0v) is 4.52. The fraction of sp³-hybridized carbons (Fsp3) is 0. The fourth-order valence-corrected chi connectivity index (χ4v) is 0.640. The van der Waals surface area contributed by atoms with Gasteiger partial charge in [-0.1, -0.05) is 0 Å². The van der Waals surface area contributed by atoms with E-state index >= 15 is 0 Å². The smallest absolute Gasteiger partial charge is 0.202 e. The van der Waals surface area contributed by atoms with Crippen molar-refractivity contribution in [2.45, 2.75) is 0 Å². The lowest BCUT2D eigenvalue weighted by Gasteiger charge is -1.83. The van der Waals surface area contributed by atoms with Gasteiger partial charge in [-0.15, -0.1) is 0 Å². The molecule has 0 aliphatic carbocycles. The lowest BCUT2D eigenvalue weighted by Crippen LogP contribution is -1.89. The van der Waals surface area contributed by atoms with Crippen molar-refractivity contribution in [2.24, 2.45) is 0 Å². The third kappa shape index (κ3) is 0.561. The summed E-state index contributed by atoms with van der Waals surface area (Å²) in [6.45, 7) is 0. The van der Waals surface area contributed by atoms with E-state index in [-0.39, 0.29) is 0 Å². The minimum atomic E-state index is 0.769. The fourth-order valence-electron chi connectivity index (χ4n) is 0.640. The number of hydrogen-bond donors (Lipinski definition) is 0. The number of aromatic nitrogens is 4. The van der Waals surface area contributed by atoms with Gasteiger partial charge in [0.25, 0.3) is 0 Å². The molecular formula is C5H3N4.